The van der Waals surface area contributed by atoms with Gasteiger partial charge in [-0.3, -0.25) is 9.78 Å². The van der Waals surface area contributed by atoms with Crippen molar-refractivity contribution in [1.82, 2.24) is 25.1 Å². The van der Waals surface area contributed by atoms with Crippen LogP contribution in [0.25, 0.3) is 23.0 Å². The van der Waals surface area contributed by atoms with Gasteiger partial charge in [0, 0.05) is 36.8 Å². The maximum atomic E-state index is 12.7. The number of carbonyl (C=O) groups is 1. The van der Waals surface area contributed by atoms with Crippen molar-refractivity contribution in [2.75, 3.05) is 24.3 Å². The Balaban J connectivity index is 1.36. The van der Waals surface area contributed by atoms with Crippen molar-refractivity contribution in [2.24, 2.45) is 0 Å². The molecule has 3 aromatic heterocycles. The quantitative estimate of drug-likeness (QED) is 0.234. The molecule has 6 rings (SSSR count). The van der Waals surface area contributed by atoms with Gasteiger partial charge in [0.15, 0.2) is 0 Å². The summed E-state index contributed by atoms with van der Waals surface area (Å²) in [4.78, 5) is 23.3. The van der Waals surface area contributed by atoms with Crippen LogP contribution >= 0.6 is 0 Å². The van der Waals surface area contributed by atoms with Gasteiger partial charge in [-0.1, -0.05) is 36.4 Å². The van der Waals surface area contributed by atoms with Crippen molar-refractivity contribution in [3.8, 4) is 23.0 Å². The number of hydrogen-bond acceptors (Lipinski definition) is 9. The molecule has 0 bridgehead atoms. The van der Waals surface area contributed by atoms with Gasteiger partial charge in [0.05, 0.1) is 29.4 Å². The minimum absolute atomic E-state index is 0.00565. The summed E-state index contributed by atoms with van der Waals surface area (Å²) in [6.07, 6.45) is 3.31. The van der Waals surface area contributed by atoms with Gasteiger partial charge in [0.25, 0.3) is 17.7 Å². The zero-order valence-electron chi connectivity index (χ0n) is 22.9. The third kappa shape index (κ3) is 4.89. The Morgan fingerprint density at radius 1 is 0.951 bits per heavy atom. The fourth-order valence-electron chi connectivity index (χ4n) is 4.92. The average molecular weight is 548 g/mol. The van der Waals surface area contributed by atoms with E-state index in [9.17, 15) is 9.90 Å². The number of amides is 1. The summed E-state index contributed by atoms with van der Waals surface area (Å²) in [5.41, 5.74) is 4.70. The molecule has 1 aliphatic heterocycles. The largest absolute Gasteiger partial charge is 0.414 e. The highest BCUT2D eigenvalue weighted by atomic mass is 16.4. The molecule has 2 aromatic carbocycles. The van der Waals surface area contributed by atoms with Gasteiger partial charge >= 0.3 is 0 Å². The van der Waals surface area contributed by atoms with E-state index in [1.165, 1.54) is 0 Å². The number of pyridine rings is 2. The second kappa shape index (κ2) is 10.5. The first-order chi connectivity index (χ1) is 19.8. The number of rotatable bonds is 8. The van der Waals surface area contributed by atoms with E-state index in [-0.39, 0.29) is 24.3 Å². The summed E-state index contributed by atoms with van der Waals surface area (Å²) in [5, 5.41) is 25.5. The van der Waals surface area contributed by atoms with Crippen molar-refractivity contribution in [2.45, 2.75) is 25.4 Å². The Bertz CT molecular complexity index is 1700. The molecule has 0 unspecified atom stereocenters. The minimum Gasteiger partial charge on any atom is -0.414 e. The molecular formula is C31H29N7O3. The van der Waals surface area contributed by atoms with Crippen LogP contribution in [-0.4, -0.2) is 49.7 Å². The number of anilines is 3. The molecular weight excluding hydrogens is 518 g/mol. The van der Waals surface area contributed by atoms with Crippen LogP contribution in [0.1, 0.15) is 41.4 Å². The van der Waals surface area contributed by atoms with Crippen LogP contribution in [0.2, 0.25) is 0 Å². The first kappa shape index (κ1) is 26.1. The van der Waals surface area contributed by atoms with Gasteiger partial charge in [0.1, 0.15) is 11.5 Å². The highest BCUT2D eigenvalue weighted by Gasteiger charge is 2.40. The number of aliphatic hydroxyl groups is 1. The first-order valence-corrected chi connectivity index (χ1v) is 13.2. The lowest BCUT2D eigenvalue weighted by atomic mass is 9.93. The number of aliphatic hydroxyl groups excluding tert-OH is 1. The maximum Gasteiger partial charge on any atom is 0.266 e. The van der Waals surface area contributed by atoms with E-state index in [0.717, 1.165) is 16.8 Å². The highest BCUT2D eigenvalue weighted by molar-refractivity contribution is 6.00. The van der Waals surface area contributed by atoms with Crippen LogP contribution in [0.3, 0.4) is 0 Å². The summed E-state index contributed by atoms with van der Waals surface area (Å²) in [6, 6.07) is 22.3. The third-order valence-electron chi connectivity index (χ3n) is 7.48. The SMILES string of the molecule is CN1C(=O)c2ccc(Nc3cc(N[C@H](CO)c4ccccc4)c(-c4nnc(-c5ccccn5)o4)cn3)cc2C1(C)C. The van der Waals surface area contributed by atoms with Crippen LogP contribution in [0.5, 0.6) is 0 Å². The second-order valence-corrected chi connectivity index (χ2v) is 10.3. The summed E-state index contributed by atoms with van der Waals surface area (Å²) >= 11 is 0. The molecule has 1 amide bonds. The van der Waals surface area contributed by atoms with E-state index < -0.39 is 11.6 Å². The molecule has 0 saturated heterocycles. The summed E-state index contributed by atoms with van der Waals surface area (Å²) in [7, 11) is 1.81. The monoisotopic (exact) mass is 547 g/mol. The number of nitrogens with one attached hydrogen (secondary N) is 2. The molecule has 5 aromatic rings. The van der Waals surface area contributed by atoms with Gasteiger partial charge in [-0.15, -0.1) is 10.2 Å². The van der Waals surface area contributed by atoms with E-state index in [2.05, 4.69) is 30.8 Å². The average Bonchev–Trinajstić information content (AvgIpc) is 3.55. The third-order valence-corrected chi connectivity index (χ3v) is 7.48. The number of aromatic nitrogens is 4. The Morgan fingerprint density at radius 3 is 2.49 bits per heavy atom. The summed E-state index contributed by atoms with van der Waals surface area (Å²) in [5.74, 6) is 1.11. The normalized spacial score (nSPS) is 14.5. The standard InChI is InChI=1S/C31H29N7O3/c1-31(2)23-15-20(12-13-21(23)30(40)38(31)3)34-27-16-25(35-26(18-39)19-9-5-4-6-10-19)22(17-33-27)28-36-37-29(41-28)24-11-7-8-14-32-24/h4-17,26,39H,18H2,1-3H3,(H2,33,34,35)/t26-/m1/s1. The molecule has 4 heterocycles. The molecule has 0 saturated carbocycles. The highest BCUT2D eigenvalue weighted by Crippen LogP contribution is 2.39. The van der Waals surface area contributed by atoms with Crippen molar-refractivity contribution in [1.29, 1.82) is 0 Å². The molecule has 41 heavy (non-hydrogen) atoms. The molecule has 10 heteroatoms. The Kier molecular flexibility index (Phi) is 6.68. The zero-order chi connectivity index (χ0) is 28.6. The van der Waals surface area contributed by atoms with Crippen molar-refractivity contribution in [3.63, 3.8) is 0 Å². The van der Waals surface area contributed by atoms with Crippen LogP contribution in [0, 0.1) is 0 Å². The molecule has 1 atom stereocenters. The van der Waals surface area contributed by atoms with E-state index in [1.54, 1.807) is 23.4 Å². The molecule has 3 N–H and O–H groups in total. The molecule has 0 fully saturated rings. The number of nitrogens with zero attached hydrogens (tertiary/aromatic N) is 5. The lowest BCUT2D eigenvalue weighted by Gasteiger charge is -2.28. The lowest BCUT2D eigenvalue weighted by molar-refractivity contribution is 0.0691. The van der Waals surface area contributed by atoms with Crippen LogP contribution in [-0.2, 0) is 5.54 Å². The Morgan fingerprint density at radius 2 is 1.73 bits per heavy atom. The van der Waals surface area contributed by atoms with Gasteiger partial charge in [0.2, 0.25) is 0 Å². The molecule has 10 nitrogen and oxygen atoms in total. The van der Waals surface area contributed by atoms with Crippen LogP contribution < -0.4 is 10.6 Å². The lowest BCUT2D eigenvalue weighted by Crippen LogP contribution is -2.35. The number of fused-ring (bicyclic) bond motifs is 1. The topological polar surface area (TPSA) is 129 Å². The zero-order valence-corrected chi connectivity index (χ0v) is 22.9. The summed E-state index contributed by atoms with van der Waals surface area (Å²) < 4.78 is 5.98. The molecule has 0 radical (unpaired) electrons. The van der Waals surface area contributed by atoms with Crippen LogP contribution in [0.15, 0.2) is 89.6 Å². The number of carbonyl (C=O) groups excluding carboxylic acids is 1. The predicted molar refractivity (Wildman–Crippen MR) is 155 cm³/mol. The van der Waals surface area contributed by atoms with Crippen molar-refractivity contribution < 1.29 is 14.3 Å². The number of benzene rings is 2. The second-order valence-electron chi connectivity index (χ2n) is 10.3. The molecule has 1 aliphatic rings. The minimum atomic E-state index is -0.429. The summed E-state index contributed by atoms with van der Waals surface area (Å²) in [6.45, 7) is 3.91. The molecule has 206 valence electrons. The fraction of sp³-hybridized carbons (Fsp3) is 0.194. The van der Waals surface area contributed by atoms with E-state index in [4.69, 9.17) is 4.42 Å². The van der Waals surface area contributed by atoms with Crippen molar-refractivity contribution >= 4 is 23.1 Å². The van der Waals surface area contributed by atoms with Gasteiger partial charge in [-0.2, -0.15) is 0 Å². The number of hydrogen-bond donors (Lipinski definition) is 3. The predicted octanol–water partition coefficient (Wildman–Crippen LogP) is 5.40. The Hall–Kier alpha value is -5.09. The van der Waals surface area contributed by atoms with Gasteiger partial charge in [-0.25, -0.2) is 4.98 Å². The van der Waals surface area contributed by atoms with E-state index in [0.29, 0.717) is 28.3 Å². The maximum absolute atomic E-state index is 12.7. The van der Waals surface area contributed by atoms with Gasteiger partial charge < -0.3 is 25.1 Å². The molecule has 0 aliphatic carbocycles. The van der Waals surface area contributed by atoms with E-state index in [1.807, 2.05) is 87.6 Å². The van der Waals surface area contributed by atoms with Crippen LogP contribution in [0.4, 0.5) is 17.2 Å². The molecule has 0 spiro atoms. The fourth-order valence-corrected chi connectivity index (χ4v) is 4.92. The van der Waals surface area contributed by atoms with Gasteiger partial charge in [-0.05, 0) is 55.3 Å². The van der Waals surface area contributed by atoms with Crippen molar-refractivity contribution in [3.05, 3.63) is 102 Å². The first-order valence-electron chi connectivity index (χ1n) is 13.2. The Labute approximate surface area is 237 Å². The van der Waals surface area contributed by atoms with E-state index >= 15 is 0 Å². The smallest absolute Gasteiger partial charge is 0.266 e.